The van der Waals surface area contributed by atoms with Crippen LogP contribution in [0.5, 0.6) is 0 Å². The van der Waals surface area contributed by atoms with Gasteiger partial charge in [-0.25, -0.2) is 9.78 Å². The second-order valence-corrected chi connectivity index (χ2v) is 15.5. The maximum Gasteiger partial charge on any atom is 0.411 e. The fourth-order valence-electron chi connectivity index (χ4n) is 7.96. The van der Waals surface area contributed by atoms with Crippen LogP contribution >= 0.6 is 0 Å². The van der Waals surface area contributed by atoms with Gasteiger partial charge in [0.15, 0.2) is 5.82 Å². The number of carboxylic acid groups (broad SMARTS) is 1. The van der Waals surface area contributed by atoms with Crippen LogP contribution in [0.4, 0.5) is 23.2 Å². The van der Waals surface area contributed by atoms with Gasteiger partial charge in [0.1, 0.15) is 6.04 Å². The van der Waals surface area contributed by atoms with Gasteiger partial charge in [-0.2, -0.15) is 22.7 Å². The highest BCUT2D eigenvalue weighted by Gasteiger charge is 2.65. The highest BCUT2D eigenvalue weighted by atomic mass is 19.3. The van der Waals surface area contributed by atoms with E-state index in [0.717, 1.165) is 48.2 Å². The Morgan fingerprint density at radius 2 is 1.57 bits per heavy atom. The Labute approximate surface area is 331 Å². The zero-order valence-electron chi connectivity index (χ0n) is 31.5. The van der Waals surface area contributed by atoms with Crippen molar-refractivity contribution in [3.63, 3.8) is 0 Å². The second kappa shape index (κ2) is 16.3. The van der Waals surface area contributed by atoms with Crippen LogP contribution in [0.15, 0.2) is 66.7 Å². The number of rotatable bonds is 14. The normalized spacial score (nSPS) is 22.1. The standard InChI is InChI=1S/C41H44F4N8O5/c1-21-16-27(36(55)50-33-30-19-47-20-31(30)33)12-15-29(21)24-6-2-22(3-7-24)17-32(49-35(54)26-8-4-23(18-46)5-9-26)37(56)48-28-13-10-25(11-14-28)34-51-38(53-52-34)40(42,43)41(44,45)39(57)58/h2-3,6-7,10-16,23,26,30-33,47H,4-5,8-9,17-20,46H2,1H3,(H,48,56)(H,49,54)(H,50,55)(H,57,58)(H,51,52,53). The Morgan fingerprint density at radius 1 is 0.914 bits per heavy atom. The molecular formula is C41H44F4N8O5. The fourth-order valence-corrected chi connectivity index (χ4v) is 7.96. The minimum atomic E-state index is -5.44. The molecule has 1 aromatic heterocycles. The van der Waals surface area contributed by atoms with Gasteiger partial charge in [0.25, 0.3) is 5.91 Å². The fraction of sp³-hybridized carbons (Fsp3) is 0.415. The first kappa shape index (κ1) is 40.5. The summed E-state index contributed by atoms with van der Waals surface area (Å²) in [4.78, 5) is 54.3. The van der Waals surface area contributed by atoms with Crippen molar-refractivity contribution in [2.24, 2.45) is 29.4 Å². The molecule has 2 heterocycles. The van der Waals surface area contributed by atoms with Crippen molar-refractivity contribution in [2.45, 2.75) is 63.0 Å². The zero-order valence-corrected chi connectivity index (χ0v) is 31.5. The maximum atomic E-state index is 14.2. The largest absolute Gasteiger partial charge is 0.477 e. The maximum absolute atomic E-state index is 14.2. The summed E-state index contributed by atoms with van der Waals surface area (Å²) in [5.41, 5.74) is 10.4. The van der Waals surface area contributed by atoms with E-state index in [0.29, 0.717) is 42.7 Å². The van der Waals surface area contributed by atoms with Gasteiger partial charge in [-0.3, -0.25) is 19.5 Å². The van der Waals surface area contributed by atoms with Crippen molar-refractivity contribution >= 4 is 29.4 Å². The number of aromatic nitrogens is 3. The molecule has 1 aliphatic heterocycles. The number of hydrogen-bond acceptors (Lipinski definition) is 8. The van der Waals surface area contributed by atoms with Gasteiger partial charge >= 0.3 is 17.8 Å². The Bertz CT molecular complexity index is 2160. The average Bonchev–Trinajstić information content (AvgIpc) is 3.56. The average molecular weight is 805 g/mol. The molecule has 7 rings (SSSR count). The lowest BCUT2D eigenvalue weighted by molar-refractivity contribution is -0.231. The number of hydrogen-bond donors (Lipinski definition) is 7. The van der Waals surface area contributed by atoms with E-state index in [-0.39, 0.29) is 41.4 Å². The highest BCUT2D eigenvalue weighted by Crippen LogP contribution is 2.43. The van der Waals surface area contributed by atoms with Gasteiger partial charge in [-0.1, -0.05) is 30.3 Å². The third-order valence-corrected chi connectivity index (χ3v) is 11.6. The predicted octanol–water partition coefficient (Wildman–Crippen LogP) is 4.64. The number of piperidine rings is 1. The van der Waals surface area contributed by atoms with E-state index in [9.17, 15) is 36.7 Å². The third kappa shape index (κ3) is 8.32. The van der Waals surface area contributed by atoms with Crippen LogP contribution in [0, 0.1) is 30.6 Å². The smallest absolute Gasteiger partial charge is 0.411 e. The molecule has 0 radical (unpaired) electrons. The molecule has 3 aromatic carbocycles. The summed E-state index contributed by atoms with van der Waals surface area (Å²) >= 11 is 0. The molecule has 3 fully saturated rings. The van der Waals surface area contributed by atoms with Crippen LogP contribution in [-0.2, 0) is 26.7 Å². The summed E-state index contributed by atoms with van der Waals surface area (Å²) < 4.78 is 55.9. The number of aliphatic carboxylic acids is 1. The van der Waals surface area contributed by atoms with Gasteiger partial charge in [0.05, 0.1) is 0 Å². The molecule has 3 aliphatic rings. The van der Waals surface area contributed by atoms with Crippen molar-refractivity contribution in [3.05, 3.63) is 89.2 Å². The number of benzene rings is 3. The molecule has 2 saturated carbocycles. The topological polar surface area (TPSA) is 204 Å². The van der Waals surface area contributed by atoms with E-state index in [2.05, 4.69) is 31.3 Å². The van der Waals surface area contributed by atoms with E-state index in [4.69, 9.17) is 10.8 Å². The molecule has 4 aromatic rings. The molecule has 3 atom stereocenters. The number of H-pyrrole nitrogens is 1. The number of aromatic amines is 1. The van der Waals surface area contributed by atoms with Crippen LogP contribution in [0.3, 0.4) is 0 Å². The van der Waals surface area contributed by atoms with Gasteiger partial charge in [0, 0.05) is 48.3 Å². The number of carbonyl (C=O) groups excluding carboxylic acids is 3. The summed E-state index contributed by atoms with van der Waals surface area (Å²) in [5.74, 6) is -15.4. The van der Waals surface area contributed by atoms with Crippen molar-refractivity contribution < 1.29 is 41.8 Å². The van der Waals surface area contributed by atoms with Crippen LogP contribution in [0.2, 0.25) is 0 Å². The number of carboxylic acids is 1. The molecular weight excluding hydrogens is 760 g/mol. The molecule has 13 nitrogen and oxygen atoms in total. The molecule has 0 spiro atoms. The Hall–Kier alpha value is -5.68. The first-order valence-corrected chi connectivity index (χ1v) is 19.2. The lowest BCUT2D eigenvalue weighted by Crippen LogP contribution is -2.48. The number of anilines is 1. The minimum Gasteiger partial charge on any atom is -0.477 e. The number of fused-ring (bicyclic) bond motifs is 1. The Balaban J connectivity index is 1.03. The molecule has 58 heavy (non-hydrogen) atoms. The first-order chi connectivity index (χ1) is 27.7. The predicted molar refractivity (Wildman–Crippen MR) is 205 cm³/mol. The highest BCUT2D eigenvalue weighted by molar-refractivity contribution is 5.98. The second-order valence-electron chi connectivity index (χ2n) is 15.5. The Kier molecular flexibility index (Phi) is 11.4. The minimum absolute atomic E-state index is 0.0839. The molecule has 2 aliphatic carbocycles. The number of nitrogens with one attached hydrogen (secondary N) is 5. The van der Waals surface area contributed by atoms with Crippen molar-refractivity contribution in [2.75, 3.05) is 25.0 Å². The number of amides is 3. The van der Waals surface area contributed by atoms with Crippen LogP contribution in [0.1, 0.15) is 53.0 Å². The lowest BCUT2D eigenvalue weighted by atomic mass is 9.81. The third-order valence-electron chi connectivity index (χ3n) is 11.6. The summed E-state index contributed by atoms with van der Waals surface area (Å²) in [6, 6.07) is 18.0. The summed E-state index contributed by atoms with van der Waals surface area (Å²) in [6.07, 6.45) is 3.09. The first-order valence-electron chi connectivity index (χ1n) is 19.2. The van der Waals surface area contributed by atoms with Gasteiger partial charge in [0.2, 0.25) is 17.6 Å². The van der Waals surface area contributed by atoms with Crippen molar-refractivity contribution in [1.29, 1.82) is 0 Å². The molecule has 3 unspecified atom stereocenters. The molecule has 17 heteroatoms. The number of alkyl halides is 4. The summed E-state index contributed by atoms with van der Waals surface area (Å²) in [5, 5.41) is 26.0. The van der Waals surface area contributed by atoms with E-state index in [1.54, 1.807) is 5.10 Å². The number of carbonyl (C=O) groups is 4. The van der Waals surface area contributed by atoms with Crippen LogP contribution in [0.25, 0.3) is 22.5 Å². The van der Waals surface area contributed by atoms with Crippen LogP contribution < -0.4 is 27.0 Å². The van der Waals surface area contributed by atoms with Gasteiger partial charge in [-0.05, 0) is 116 Å². The number of halogens is 4. The molecule has 3 amide bonds. The SMILES string of the molecule is Cc1cc(C(=O)NC2C3CNCC32)ccc1-c1ccc(CC(NC(=O)C2CCC(CN)CC2)C(=O)Nc2ccc(-c3n[nH]c(C(F)(F)C(F)(F)C(=O)O)n3)cc2)cc1. The summed E-state index contributed by atoms with van der Waals surface area (Å²) in [6.45, 7) is 4.37. The van der Waals surface area contributed by atoms with E-state index in [1.165, 1.54) is 24.3 Å². The number of aryl methyl sites for hydroxylation is 1. The number of nitrogens with two attached hydrogens (primary N) is 1. The van der Waals surface area contributed by atoms with Crippen molar-refractivity contribution in [3.8, 4) is 22.5 Å². The monoisotopic (exact) mass is 804 g/mol. The van der Waals surface area contributed by atoms with E-state index < -0.39 is 41.4 Å². The molecule has 0 bridgehead atoms. The Morgan fingerprint density at radius 3 is 2.19 bits per heavy atom. The van der Waals surface area contributed by atoms with Gasteiger partial charge < -0.3 is 32.1 Å². The quantitative estimate of drug-likeness (QED) is 0.0887. The zero-order chi connectivity index (χ0) is 41.4. The van der Waals surface area contributed by atoms with E-state index >= 15 is 0 Å². The summed E-state index contributed by atoms with van der Waals surface area (Å²) in [7, 11) is 0. The molecule has 8 N–H and O–H groups in total. The van der Waals surface area contributed by atoms with Gasteiger partial charge in [-0.15, -0.1) is 0 Å². The molecule has 306 valence electrons. The molecule has 1 saturated heterocycles. The van der Waals surface area contributed by atoms with Crippen LogP contribution in [-0.4, -0.2) is 81.6 Å². The number of nitrogens with zero attached hydrogens (tertiary/aromatic N) is 2. The van der Waals surface area contributed by atoms with Crippen molar-refractivity contribution in [1.82, 2.24) is 31.1 Å². The lowest BCUT2D eigenvalue weighted by Gasteiger charge is -2.28. The van der Waals surface area contributed by atoms with E-state index in [1.807, 2.05) is 49.4 Å².